The van der Waals surface area contributed by atoms with Crippen LogP contribution in [0.5, 0.6) is 0 Å². The van der Waals surface area contributed by atoms with Crippen molar-refractivity contribution in [1.82, 2.24) is 4.72 Å². The number of hydrogen-bond donors (Lipinski definition) is 2. The zero-order valence-electron chi connectivity index (χ0n) is 12.2. The molecule has 0 saturated heterocycles. The molecule has 0 aliphatic heterocycles. The van der Waals surface area contributed by atoms with E-state index in [-0.39, 0.29) is 22.8 Å². The molecule has 0 amide bonds. The van der Waals surface area contributed by atoms with Gasteiger partial charge in [-0.2, -0.15) is 0 Å². The van der Waals surface area contributed by atoms with Crippen LogP contribution in [0.15, 0.2) is 24.3 Å². The minimum atomic E-state index is -3.45. The third kappa shape index (κ3) is 4.94. The second kappa shape index (κ2) is 5.93. The lowest BCUT2D eigenvalue weighted by molar-refractivity contribution is 0.0697. The second-order valence-corrected chi connectivity index (χ2v) is 7.72. The highest BCUT2D eigenvalue weighted by atomic mass is 32.2. The number of rotatable bonds is 5. The molecule has 0 bridgehead atoms. The summed E-state index contributed by atoms with van der Waals surface area (Å²) in [5.41, 5.74) is 0.533. The lowest BCUT2D eigenvalue weighted by Gasteiger charge is -2.27. The van der Waals surface area contributed by atoms with Gasteiger partial charge in [-0.1, -0.05) is 32.9 Å². The highest BCUT2D eigenvalue weighted by Gasteiger charge is 2.24. The molecular weight excluding hydrogens is 278 g/mol. The van der Waals surface area contributed by atoms with Crippen LogP contribution in [-0.2, 0) is 15.8 Å². The first-order valence-corrected chi connectivity index (χ1v) is 7.99. The van der Waals surface area contributed by atoms with Crippen LogP contribution in [0.1, 0.15) is 43.6 Å². The first-order chi connectivity index (χ1) is 9.01. The van der Waals surface area contributed by atoms with Gasteiger partial charge in [-0.25, -0.2) is 17.9 Å². The Hall–Kier alpha value is -1.40. The number of carboxylic acid groups (broad SMARTS) is 1. The Kier molecular flexibility index (Phi) is 4.94. The van der Waals surface area contributed by atoms with Crippen LogP contribution in [0.25, 0.3) is 0 Å². The van der Waals surface area contributed by atoms with Crippen molar-refractivity contribution in [3.63, 3.8) is 0 Å². The van der Waals surface area contributed by atoms with Crippen LogP contribution in [0, 0.1) is 5.41 Å². The molecule has 0 aliphatic rings. The molecular formula is C14H21NO4S. The van der Waals surface area contributed by atoms with Crippen LogP contribution in [-0.4, -0.2) is 25.5 Å². The molecule has 112 valence electrons. The summed E-state index contributed by atoms with van der Waals surface area (Å²) in [6.07, 6.45) is 0. The molecule has 6 heteroatoms. The first kappa shape index (κ1) is 16.7. The van der Waals surface area contributed by atoms with Crippen LogP contribution in [0.3, 0.4) is 0 Å². The summed E-state index contributed by atoms with van der Waals surface area (Å²) in [6.45, 7) is 7.70. The Morgan fingerprint density at radius 3 is 2.15 bits per heavy atom. The number of nitrogens with one attached hydrogen (secondary N) is 1. The number of hydrogen-bond acceptors (Lipinski definition) is 3. The minimum Gasteiger partial charge on any atom is -0.478 e. The van der Waals surface area contributed by atoms with Crippen molar-refractivity contribution < 1.29 is 18.3 Å². The zero-order valence-corrected chi connectivity index (χ0v) is 13.0. The molecule has 0 spiro atoms. The van der Waals surface area contributed by atoms with E-state index >= 15 is 0 Å². The SMILES string of the molecule is CC(NS(=O)(=O)Cc1ccc(C(=O)O)cc1)C(C)(C)C. The maximum atomic E-state index is 12.0. The first-order valence-electron chi connectivity index (χ1n) is 6.33. The van der Waals surface area contributed by atoms with Crippen molar-refractivity contribution in [3.05, 3.63) is 35.4 Å². The number of aromatic carboxylic acids is 1. The summed E-state index contributed by atoms with van der Waals surface area (Å²) in [5.74, 6) is -1.19. The topological polar surface area (TPSA) is 83.5 Å². The van der Waals surface area contributed by atoms with E-state index in [4.69, 9.17) is 5.11 Å². The fourth-order valence-corrected chi connectivity index (χ4v) is 3.06. The van der Waals surface area contributed by atoms with E-state index in [0.29, 0.717) is 5.56 Å². The van der Waals surface area contributed by atoms with Gasteiger partial charge in [-0.05, 0) is 30.0 Å². The molecule has 1 atom stereocenters. The average Bonchev–Trinajstić information content (AvgIpc) is 2.27. The third-order valence-electron chi connectivity index (χ3n) is 3.21. The summed E-state index contributed by atoms with van der Waals surface area (Å²) in [4.78, 5) is 10.7. The van der Waals surface area contributed by atoms with Crippen LogP contribution in [0.2, 0.25) is 0 Å². The van der Waals surface area contributed by atoms with E-state index in [1.165, 1.54) is 24.3 Å². The van der Waals surface area contributed by atoms with Gasteiger partial charge in [0, 0.05) is 6.04 Å². The maximum absolute atomic E-state index is 12.0. The number of carbonyl (C=O) groups is 1. The highest BCUT2D eigenvalue weighted by molar-refractivity contribution is 7.88. The van der Waals surface area contributed by atoms with Gasteiger partial charge in [-0.15, -0.1) is 0 Å². The van der Waals surface area contributed by atoms with Crippen molar-refractivity contribution in [2.45, 2.75) is 39.5 Å². The molecule has 1 rings (SSSR count). The zero-order chi connectivity index (χ0) is 15.6. The van der Waals surface area contributed by atoms with E-state index in [9.17, 15) is 13.2 Å². The molecule has 0 fully saturated rings. The van der Waals surface area contributed by atoms with Gasteiger partial charge in [0.1, 0.15) is 0 Å². The largest absolute Gasteiger partial charge is 0.478 e. The molecule has 0 saturated carbocycles. The Labute approximate surface area is 120 Å². The van der Waals surface area contributed by atoms with Gasteiger partial charge in [0.25, 0.3) is 0 Å². The lowest BCUT2D eigenvalue weighted by Crippen LogP contribution is -2.41. The molecule has 2 N–H and O–H groups in total. The smallest absolute Gasteiger partial charge is 0.335 e. The van der Waals surface area contributed by atoms with Crippen LogP contribution in [0.4, 0.5) is 0 Å². The van der Waals surface area contributed by atoms with E-state index in [0.717, 1.165) is 0 Å². The van der Waals surface area contributed by atoms with Crippen LogP contribution >= 0.6 is 0 Å². The fourth-order valence-electron chi connectivity index (χ4n) is 1.45. The highest BCUT2D eigenvalue weighted by Crippen LogP contribution is 2.20. The van der Waals surface area contributed by atoms with E-state index in [2.05, 4.69) is 4.72 Å². The van der Waals surface area contributed by atoms with E-state index < -0.39 is 16.0 Å². The Bertz CT molecular complexity index is 570. The minimum absolute atomic E-state index is 0.141. The molecule has 1 unspecified atom stereocenters. The number of sulfonamides is 1. The van der Waals surface area contributed by atoms with Crippen molar-refractivity contribution in [2.75, 3.05) is 0 Å². The van der Waals surface area contributed by atoms with Gasteiger partial charge in [0.2, 0.25) is 10.0 Å². The summed E-state index contributed by atoms with van der Waals surface area (Å²) >= 11 is 0. The molecule has 5 nitrogen and oxygen atoms in total. The van der Waals surface area contributed by atoms with Crippen molar-refractivity contribution in [3.8, 4) is 0 Å². The predicted molar refractivity (Wildman–Crippen MR) is 78.1 cm³/mol. The fraction of sp³-hybridized carbons (Fsp3) is 0.500. The maximum Gasteiger partial charge on any atom is 0.335 e. The van der Waals surface area contributed by atoms with E-state index in [1.54, 1.807) is 0 Å². The van der Waals surface area contributed by atoms with Gasteiger partial charge in [0.05, 0.1) is 11.3 Å². The predicted octanol–water partition coefficient (Wildman–Crippen LogP) is 2.24. The quantitative estimate of drug-likeness (QED) is 0.873. The van der Waals surface area contributed by atoms with Gasteiger partial charge in [0.15, 0.2) is 0 Å². The standard InChI is InChI=1S/C14H21NO4S/c1-10(14(2,3)4)15-20(18,19)9-11-5-7-12(8-6-11)13(16)17/h5-8,10,15H,9H2,1-4H3,(H,16,17). The lowest BCUT2D eigenvalue weighted by atomic mass is 9.89. The van der Waals surface area contributed by atoms with E-state index in [1.807, 2.05) is 27.7 Å². The molecule has 1 aromatic carbocycles. The molecule has 0 heterocycles. The van der Waals surface area contributed by atoms with Gasteiger partial charge in [-0.3, -0.25) is 0 Å². The molecule has 0 radical (unpaired) electrons. The molecule has 1 aromatic rings. The van der Waals surface area contributed by atoms with Crippen LogP contribution < -0.4 is 4.72 Å². The van der Waals surface area contributed by atoms with Crippen molar-refractivity contribution in [1.29, 1.82) is 0 Å². The summed E-state index contributed by atoms with van der Waals surface area (Å²) in [6, 6.07) is 5.65. The van der Waals surface area contributed by atoms with Crippen molar-refractivity contribution in [2.24, 2.45) is 5.41 Å². The number of benzene rings is 1. The van der Waals surface area contributed by atoms with Gasteiger partial charge >= 0.3 is 5.97 Å². The average molecular weight is 299 g/mol. The summed E-state index contributed by atoms with van der Waals surface area (Å²) < 4.78 is 26.7. The Morgan fingerprint density at radius 2 is 1.75 bits per heavy atom. The Balaban J connectivity index is 2.79. The third-order valence-corrected chi connectivity index (χ3v) is 4.64. The number of carboxylic acids is 1. The molecule has 0 aromatic heterocycles. The molecule has 20 heavy (non-hydrogen) atoms. The van der Waals surface area contributed by atoms with Crippen molar-refractivity contribution >= 4 is 16.0 Å². The summed E-state index contributed by atoms with van der Waals surface area (Å²) in [7, 11) is -3.45. The second-order valence-electron chi connectivity index (χ2n) is 5.97. The Morgan fingerprint density at radius 1 is 1.25 bits per heavy atom. The monoisotopic (exact) mass is 299 g/mol. The van der Waals surface area contributed by atoms with Gasteiger partial charge < -0.3 is 5.11 Å². The molecule has 0 aliphatic carbocycles. The summed E-state index contributed by atoms with van der Waals surface area (Å²) in [5, 5.41) is 8.79. The normalized spacial score (nSPS) is 14.0.